The summed E-state index contributed by atoms with van der Waals surface area (Å²) in [5.41, 5.74) is 0.176. The van der Waals surface area contributed by atoms with Crippen molar-refractivity contribution in [3.05, 3.63) is 12.2 Å². The fourth-order valence-corrected chi connectivity index (χ4v) is 0.288. The van der Waals surface area contributed by atoms with Crippen LogP contribution in [-0.4, -0.2) is 42.2 Å². The molecule has 0 saturated carbocycles. The molecule has 0 aliphatic rings. The molecule has 0 heterocycles. The van der Waals surface area contributed by atoms with Crippen molar-refractivity contribution in [3.63, 3.8) is 0 Å². The third kappa shape index (κ3) is 15.2. The number of carboxylic acid groups (broad SMARTS) is 1. The molecule has 0 fully saturated rings. The number of hydrogen-bond donors (Lipinski definition) is 2. The summed E-state index contributed by atoms with van der Waals surface area (Å²) >= 11 is 0. The van der Waals surface area contributed by atoms with E-state index < -0.39 is 12.1 Å². The SMILES string of the molecule is C=C(C)C(=O)O.CCOC(=O)OCCO. The maximum Gasteiger partial charge on any atom is 0.508 e. The fraction of sp³-hybridized carbons (Fsp3) is 0.556. The van der Waals surface area contributed by atoms with Gasteiger partial charge in [-0.2, -0.15) is 0 Å². The Bertz CT molecular complexity index is 199. The van der Waals surface area contributed by atoms with Crippen molar-refractivity contribution in [3.8, 4) is 0 Å². The minimum Gasteiger partial charge on any atom is -0.478 e. The summed E-state index contributed by atoms with van der Waals surface area (Å²) in [6.07, 6.45) is -0.730. The highest BCUT2D eigenvalue weighted by Crippen LogP contribution is 1.82. The first-order chi connectivity index (χ1) is 6.95. The lowest BCUT2D eigenvalue weighted by atomic mass is 10.4. The van der Waals surface area contributed by atoms with Gasteiger partial charge in [0.15, 0.2) is 0 Å². The van der Waals surface area contributed by atoms with E-state index in [9.17, 15) is 9.59 Å². The zero-order chi connectivity index (χ0) is 12.3. The standard InChI is InChI=1S/C5H10O4.C4H6O2/c1-2-8-5(7)9-4-3-6;1-3(2)4(5)6/h6H,2-4H2,1H3;1H2,2H3,(H,5,6). The average molecular weight is 220 g/mol. The summed E-state index contributed by atoms with van der Waals surface area (Å²) < 4.78 is 8.69. The molecule has 2 N–H and O–H groups in total. The Morgan fingerprint density at radius 1 is 1.33 bits per heavy atom. The molecule has 0 amide bonds. The highest BCUT2D eigenvalue weighted by atomic mass is 16.7. The zero-order valence-corrected chi connectivity index (χ0v) is 8.86. The second-order valence-electron chi connectivity index (χ2n) is 2.34. The van der Waals surface area contributed by atoms with E-state index in [-0.39, 0.29) is 18.8 Å². The van der Waals surface area contributed by atoms with Crippen LogP contribution in [0.3, 0.4) is 0 Å². The highest BCUT2D eigenvalue weighted by Gasteiger charge is 1.98. The predicted octanol–water partition coefficient (Wildman–Crippen LogP) is 0.799. The summed E-state index contributed by atoms with van der Waals surface area (Å²) in [7, 11) is 0. The molecule has 0 aliphatic carbocycles. The second-order valence-corrected chi connectivity index (χ2v) is 2.34. The third-order valence-corrected chi connectivity index (χ3v) is 0.938. The van der Waals surface area contributed by atoms with Crippen LogP contribution in [-0.2, 0) is 14.3 Å². The number of hydrogen-bond acceptors (Lipinski definition) is 5. The van der Waals surface area contributed by atoms with Crippen LogP contribution in [0.2, 0.25) is 0 Å². The minimum atomic E-state index is -0.935. The number of carbonyl (C=O) groups is 2. The van der Waals surface area contributed by atoms with Gasteiger partial charge in [-0.15, -0.1) is 0 Å². The summed E-state index contributed by atoms with van der Waals surface area (Å²) in [4.78, 5) is 19.8. The lowest BCUT2D eigenvalue weighted by molar-refractivity contribution is -0.132. The molecule has 0 unspecified atom stereocenters. The van der Waals surface area contributed by atoms with E-state index in [0.29, 0.717) is 6.61 Å². The van der Waals surface area contributed by atoms with E-state index in [1.165, 1.54) is 6.92 Å². The Kier molecular flexibility index (Phi) is 11.1. The van der Waals surface area contributed by atoms with Crippen molar-refractivity contribution in [1.82, 2.24) is 0 Å². The van der Waals surface area contributed by atoms with Crippen LogP contribution >= 0.6 is 0 Å². The van der Waals surface area contributed by atoms with E-state index in [0.717, 1.165) is 0 Å². The molecular weight excluding hydrogens is 204 g/mol. The first-order valence-electron chi connectivity index (χ1n) is 4.24. The van der Waals surface area contributed by atoms with Crippen LogP contribution < -0.4 is 0 Å². The van der Waals surface area contributed by atoms with E-state index in [1.807, 2.05) is 0 Å². The summed E-state index contributed by atoms with van der Waals surface area (Å²) in [5.74, 6) is -0.935. The number of carbonyl (C=O) groups excluding carboxylic acids is 1. The molecule has 0 atom stereocenters. The molecule has 15 heavy (non-hydrogen) atoms. The first kappa shape index (κ1) is 15.9. The number of aliphatic carboxylic acids is 1. The van der Waals surface area contributed by atoms with Crippen molar-refractivity contribution >= 4 is 12.1 Å². The van der Waals surface area contributed by atoms with Gasteiger partial charge >= 0.3 is 12.1 Å². The van der Waals surface area contributed by atoms with Gasteiger partial charge in [-0.1, -0.05) is 6.58 Å². The van der Waals surface area contributed by atoms with Gasteiger partial charge < -0.3 is 19.7 Å². The van der Waals surface area contributed by atoms with Crippen LogP contribution in [0.15, 0.2) is 12.2 Å². The van der Waals surface area contributed by atoms with Gasteiger partial charge in [-0.3, -0.25) is 0 Å². The minimum absolute atomic E-state index is 0.00116. The predicted molar refractivity (Wildman–Crippen MR) is 52.5 cm³/mol. The Labute approximate surface area is 88.1 Å². The molecule has 88 valence electrons. The van der Waals surface area contributed by atoms with Gasteiger partial charge in [-0.05, 0) is 13.8 Å². The molecule has 6 nitrogen and oxygen atoms in total. The number of carboxylic acids is 1. The maximum absolute atomic E-state index is 10.2. The molecule has 6 heteroatoms. The van der Waals surface area contributed by atoms with Crippen LogP contribution in [0.25, 0.3) is 0 Å². The third-order valence-electron chi connectivity index (χ3n) is 0.938. The fourth-order valence-electron chi connectivity index (χ4n) is 0.288. The summed E-state index contributed by atoms with van der Waals surface area (Å²) in [6, 6.07) is 0. The number of ether oxygens (including phenoxy) is 2. The Hall–Kier alpha value is -1.56. The van der Waals surface area contributed by atoms with Gasteiger partial charge in [0, 0.05) is 5.57 Å². The Balaban J connectivity index is 0. The Morgan fingerprint density at radius 2 is 1.80 bits per heavy atom. The summed E-state index contributed by atoms with van der Waals surface area (Å²) in [6.45, 7) is 6.41. The van der Waals surface area contributed by atoms with Gasteiger partial charge in [-0.25, -0.2) is 9.59 Å². The molecule has 0 aromatic carbocycles. The van der Waals surface area contributed by atoms with Crippen molar-refractivity contribution in [1.29, 1.82) is 0 Å². The number of rotatable bonds is 4. The molecule has 0 spiro atoms. The topological polar surface area (TPSA) is 93.1 Å². The summed E-state index contributed by atoms with van der Waals surface area (Å²) in [5, 5.41) is 16.0. The molecule has 0 aliphatic heterocycles. The van der Waals surface area contributed by atoms with Gasteiger partial charge in [0.1, 0.15) is 6.61 Å². The van der Waals surface area contributed by atoms with E-state index in [2.05, 4.69) is 16.1 Å². The largest absolute Gasteiger partial charge is 0.508 e. The van der Waals surface area contributed by atoms with Crippen LogP contribution in [0, 0.1) is 0 Å². The quantitative estimate of drug-likeness (QED) is 0.537. The van der Waals surface area contributed by atoms with Gasteiger partial charge in [0.05, 0.1) is 13.2 Å². The zero-order valence-electron chi connectivity index (χ0n) is 8.86. The number of aliphatic hydroxyl groups excluding tert-OH is 1. The second kappa shape index (κ2) is 10.5. The van der Waals surface area contributed by atoms with Gasteiger partial charge in [0.25, 0.3) is 0 Å². The van der Waals surface area contributed by atoms with Crippen LogP contribution in [0.4, 0.5) is 4.79 Å². The first-order valence-corrected chi connectivity index (χ1v) is 4.24. The molecule has 0 aromatic rings. The molecule has 0 bridgehead atoms. The maximum atomic E-state index is 10.2. The highest BCUT2D eigenvalue weighted by molar-refractivity contribution is 5.84. The van der Waals surface area contributed by atoms with E-state index in [1.54, 1.807) is 6.92 Å². The van der Waals surface area contributed by atoms with Crippen LogP contribution in [0.5, 0.6) is 0 Å². The van der Waals surface area contributed by atoms with E-state index in [4.69, 9.17) is 10.2 Å². The number of aliphatic hydroxyl groups is 1. The van der Waals surface area contributed by atoms with Crippen molar-refractivity contribution in [2.45, 2.75) is 13.8 Å². The van der Waals surface area contributed by atoms with Crippen molar-refractivity contribution in [2.24, 2.45) is 0 Å². The lowest BCUT2D eigenvalue weighted by Gasteiger charge is -2.00. The molecule has 0 rings (SSSR count). The average Bonchev–Trinajstić information content (AvgIpc) is 2.16. The Morgan fingerprint density at radius 3 is 2.07 bits per heavy atom. The molecule has 0 saturated heterocycles. The molecular formula is C9H16O6. The lowest BCUT2D eigenvalue weighted by Crippen LogP contribution is -2.09. The smallest absolute Gasteiger partial charge is 0.478 e. The molecule has 0 aromatic heterocycles. The monoisotopic (exact) mass is 220 g/mol. The van der Waals surface area contributed by atoms with Crippen molar-refractivity contribution < 1.29 is 29.3 Å². The van der Waals surface area contributed by atoms with Crippen LogP contribution in [0.1, 0.15) is 13.8 Å². The van der Waals surface area contributed by atoms with Crippen molar-refractivity contribution in [2.75, 3.05) is 19.8 Å². The van der Waals surface area contributed by atoms with Gasteiger partial charge in [0.2, 0.25) is 0 Å². The molecule has 0 radical (unpaired) electrons. The normalized spacial score (nSPS) is 8.20. The van der Waals surface area contributed by atoms with E-state index >= 15 is 0 Å².